The second-order valence-electron chi connectivity index (χ2n) is 6.57. The Bertz CT molecular complexity index is 983. The number of benzene rings is 2. The minimum atomic E-state index is -0.0963. The van der Waals surface area contributed by atoms with E-state index in [1.165, 1.54) is 17.5 Å². The highest BCUT2D eigenvalue weighted by atomic mass is 16.2. The lowest BCUT2D eigenvalue weighted by Crippen LogP contribution is -2.29. The van der Waals surface area contributed by atoms with Crippen molar-refractivity contribution < 1.29 is 4.79 Å². The highest BCUT2D eigenvalue weighted by Gasteiger charge is 2.26. The zero-order valence-corrected chi connectivity index (χ0v) is 14.9. The minimum absolute atomic E-state index is 0.0963. The molecule has 1 aliphatic heterocycles. The van der Waals surface area contributed by atoms with Crippen molar-refractivity contribution in [1.29, 1.82) is 0 Å². The summed E-state index contributed by atoms with van der Waals surface area (Å²) in [5.41, 5.74) is 5.87. The maximum atomic E-state index is 12.9. The molecule has 0 bridgehead atoms. The Morgan fingerprint density at radius 2 is 1.92 bits per heavy atom. The zero-order valence-electron chi connectivity index (χ0n) is 14.9. The Morgan fingerprint density at radius 1 is 1.08 bits per heavy atom. The Kier molecular flexibility index (Phi) is 4.13. The number of hydrogen-bond acceptors (Lipinski definition) is 4. The molecule has 0 atom stereocenters. The van der Waals surface area contributed by atoms with E-state index in [4.69, 9.17) is 0 Å². The molecular weight excluding hydrogens is 324 g/mol. The van der Waals surface area contributed by atoms with Crippen LogP contribution in [-0.2, 0) is 6.42 Å². The van der Waals surface area contributed by atoms with E-state index in [1.807, 2.05) is 37.3 Å². The molecule has 130 valence electrons. The van der Waals surface area contributed by atoms with Gasteiger partial charge in [0, 0.05) is 24.0 Å². The molecule has 1 amide bonds. The fraction of sp³-hybridized carbons (Fsp3) is 0.190. The largest absolute Gasteiger partial charge is 0.340 e. The van der Waals surface area contributed by atoms with Crippen LogP contribution in [0.2, 0.25) is 0 Å². The molecule has 3 aromatic rings. The van der Waals surface area contributed by atoms with E-state index >= 15 is 0 Å². The van der Waals surface area contributed by atoms with E-state index in [2.05, 4.69) is 34.3 Å². The average molecular weight is 344 g/mol. The van der Waals surface area contributed by atoms with Gasteiger partial charge in [-0.25, -0.2) is 9.97 Å². The van der Waals surface area contributed by atoms with E-state index in [0.29, 0.717) is 18.1 Å². The zero-order chi connectivity index (χ0) is 18.1. The van der Waals surface area contributed by atoms with Crippen LogP contribution in [0, 0.1) is 13.8 Å². The molecule has 0 radical (unpaired) electrons. The molecule has 1 N–H and O–H groups in total. The van der Waals surface area contributed by atoms with E-state index in [9.17, 15) is 4.79 Å². The minimum Gasteiger partial charge on any atom is -0.340 e. The first-order valence-electron chi connectivity index (χ1n) is 8.68. The van der Waals surface area contributed by atoms with Gasteiger partial charge in [-0.2, -0.15) is 0 Å². The molecule has 1 aromatic heterocycles. The van der Waals surface area contributed by atoms with Gasteiger partial charge >= 0.3 is 0 Å². The smallest absolute Gasteiger partial charge is 0.277 e. The summed E-state index contributed by atoms with van der Waals surface area (Å²) in [5.74, 6) is 0.517. The van der Waals surface area contributed by atoms with Gasteiger partial charge in [-0.1, -0.05) is 35.9 Å². The molecule has 2 aromatic carbocycles. The van der Waals surface area contributed by atoms with Crippen molar-refractivity contribution in [2.75, 3.05) is 16.8 Å². The number of carbonyl (C=O) groups excluding carboxylic acids is 1. The van der Waals surface area contributed by atoms with Gasteiger partial charge in [0.25, 0.3) is 5.91 Å². The fourth-order valence-corrected chi connectivity index (χ4v) is 3.32. The van der Waals surface area contributed by atoms with E-state index in [-0.39, 0.29) is 5.91 Å². The van der Waals surface area contributed by atoms with E-state index in [1.54, 1.807) is 11.0 Å². The van der Waals surface area contributed by atoms with Gasteiger partial charge in [-0.3, -0.25) is 4.79 Å². The first kappa shape index (κ1) is 16.3. The Morgan fingerprint density at radius 3 is 2.77 bits per heavy atom. The standard InChI is InChI=1S/C21H20N4O/c1-14-7-8-17(15(2)11-14)24-20-12-18(22-13-23-20)21(26)25-10-9-16-5-3-4-6-19(16)25/h3-8,11-13H,9-10H2,1-2H3,(H,22,23,24). The van der Waals surface area contributed by atoms with Crippen LogP contribution in [-0.4, -0.2) is 22.4 Å². The second kappa shape index (κ2) is 6.59. The molecule has 0 spiro atoms. The number of hydrogen-bond donors (Lipinski definition) is 1. The first-order chi connectivity index (χ1) is 12.6. The molecule has 0 fully saturated rings. The number of fused-ring (bicyclic) bond motifs is 1. The summed E-state index contributed by atoms with van der Waals surface area (Å²) < 4.78 is 0. The van der Waals surface area contributed by atoms with Gasteiger partial charge in [0.1, 0.15) is 17.8 Å². The van der Waals surface area contributed by atoms with Crippen molar-refractivity contribution >= 4 is 23.1 Å². The van der Waals surface area contributed by atoms with Crippen molar-refractivity contribution in [3.05, 3.63) is 77.2 Å². The number of aromatic nitrogens is 2. The van der Waals surface area contributed by atoms with Crippen LogP contribution in [0.15, 0.2) is 54.9 Å². The summed E-state index contributed by atoms with van der Waals surface area (Å²) in [4.78, 5) is 23.2. The maximum absolute atomic E-state index is 12.9. The molecule has 5 heteroatoms. The molecular formula is C21H20N4O. The number of aryl methyl sites for hydroxylation is 2. The lowest BCUT2D eigenvalue weighted by molar-refractivity contribution is 0.0984. The predicted molar refractivity (Wildman–Crippen MR) is 103 cm³/mol. The molecule has 4 rings (SSSR count). The van der Waals surface area contributed by atoms with Crippen molar-refractivity contribution in [2.45, 2.75) is 20.3 Å². The van der Waals surface area contributed by atoms with Crippen LogP contribution >= 0.6 is 0 Å². The molecule has 26 heavy (non-hydrogen) atoms. The molecule has 0 unspecified atom stereocenters. The molecule has 5 nitrogen and oxygen atoms in total. The molecule has 1 aliphatic rings. The summed E-state index contributed by atoms with van der Waals surface area (Å²) >= 11 is 0. The number of carbonyl (C=O) groups is 1. The highest BCUT2D eigenvalue weighted by molar-refractivity contribution is 6.06. The number of nitrogens with one attached hydrogen (secondary N) is 1. The number of para-hydroxylation sites is 1. The predicted octanol–water partition coefficient (Wildman–Crippen LogP) is 4.04. The molecule has 0 saturated carbocycles. The number of rotatable bonds is 3. The van der Waals surface area contributed by atoms with Gasteiger partial charge < -0.3 is 10.2 Å². The SMILES string of the molecule is Cc1ccc(Nc2cc(C(=O)N3CCc4ccccc43)ncn2)c(C)c1. The number of amides is 1. The van der Waals surface area contributed by atoms with Crippen LogP contribution in [0.5, 0.6) is 0 Å². The Labute approximate surface area is 152 Å². The third kappa shape index (κ3) is 3.04. The molecule has 0 saturated heterocycles. The lowest BCUT2D eigenvalue weighted by Gasteiger charge is -2.17. The van der Waals surface area contributed by atoms with Crippen LogP contribution in [0.1, 0.15) is 27.2 Å². The van der Waals surface area contributed by atoms with Crippen LogP contribution in [0.4, 0.5) is 17.2 Å². The third-order valence-electron chi connectivity index (χ3n) is 4.66. The van der Waals surface area contributed by atoms with Crippen molar-refractivity contribution in [1.82, 2.24) is 9.97 Å². The summed E-state index contributed by atoms with van der Waals surface area (Å²) in [5, 5.41) is 3.28. The first-order valence-corrected chi connectivity index (χ1v) is 8.68. The molecule has 0 aliphatic carbocycles. The van der Waals surface area contributed by atoms with Gasteiger partial charge in [-0.05, 0) is 43.5 Å². The van der Waals surface area contributed by atoms with Crippen molar-refractivity contribution in [3.8, 4) is 0 Å². The van der Waals surface area contributed by atoms with Gasteiger partial charge in [-0.15, -0.1) is 0 Å². The van der Waals surface area contributed by atoms with Crippen molar-refractivity contribution in [3.63, 3.8) is 0 Å². The summed E-state index contributed by atoms with van der Waals surface area (Å²) in [6, 6.07) is 15.9. The quantitative estimate of drug-likeness (QED) is 0.779. The number of anilines is 3. The summed E-state index contributed by atoms with van der Waals surface area (Å²) in [7, 11) is 0. The van der Waals surface area contributed by atoms with Crippen LogP contribution < -0.4 is 10.2 Å². The average Bonchev–Trinajstić information content (AvgIpc) is 3.08. The van der Waals surface area contributed by atoms with E-state index in [0.717, 1.165) is 23.4 Å². The van der Waals surface area contributed by atoms with Gasteiger partial charge in [0.15, 0.2) is 0 Å². The second-order valence-corrected chi connectivity index (χ2v) is 6.57. The van der Waals surface area contributed by atoms with Gasteiger partial charge in [0.05, 0.1) is 0 Å². The third-order valence-corrected chi connectivity index (χ3v) is 4.66. The fourth-order valence-electron chi connectivity index (χ4n) is 3.32. The van der Waals surface area contributed by atoms with E-state index < -0.39 is 0 Å². The maximum Gasteiger partial charge on any atom is 0.277 e. The van der Waals surface area contributed by atoms with Gasteiger partial charge in [0.2, 0.25) is 0 Å². The molecule has 2 heterocycles. The highest BCUT2D eigenvalue weighted by Crippen LogP contribution is 2.29. The Balaban J connectivity index is 1.59. The van der Waals surface area contributed by atoms with Crippen molar-refractivity contribution in [2.24, 2.45) is 0 Å². The van der Waals surface area contributed by atoms with Crippen LogP contribution in [0.25, 0.3) is 0 Å². The number of nitrogens with zero attached hydrogens (tertiary/aromatic N) is 3. The Hall–Kier alpha value is -3.21. The summed E-state index contributed by atoms with van der Waals surface area (Å²) in [6.45, 7) is 4.79. The monoisotopic (exact) mass is 344 g/mol. The van der Waals surface area contributed by atoms with Crippen LogP contribution in [0.3, 0.4) is 0 Å². The topological polar surface area (TPSA) is 58.1 Å². The normalized spacial score (nSPS) is 12.8. The summed E-state index contributed by atoms with van der Waals surface area (Å²) in [6.07, 6.45) is 2.31. The lowest BCUT2D eigenvalue weighted by atomic mass is 10.1.